The van der Waals surface area contributed by atoms with Gasteiger partial charge >= 0.3 is 0 Å². The predicted octanol–water partition coefficient (Wildman–Crippen LogP) is 2.65. The van der Waals surface area contributed by atoms with Crippen LogP contribution in [-0.2, 0) is 13.1 Å². The van der Waals surface area contributed by atoms with Crippen LogP contribution in [0.1, 0.15) is 37.7 Å². The molecule has 0 aliphatic heterocycles. The van der Waals surface area contributed by atoms with Gasteiger partial charge in [-0.25, -0.2) is 0 Å². The van der Waals surface area contributed by atoms with Gasteiger partial charge in [0, 0.05) is 24.5 Å². The molecule has 0 unspecified atom stereocenters. The van der Waals surface area contributed by atoms with Crippen LogP contribution in [0, 0.1) is 6.92 Å². The van der Waals surface area contributed by atoms with E-state index in [9.17, 15) is 9.59 Å². The fourth-order valence-corrected chi connectivity index (χ4v) is 2.45. The Morgan fingerprint density at radius 2 is 1.63 bits per heavy atom. The van der Waals surface area contributed by atoms with E-state index in [4.69, 9.17) is 0 Å². The zero-order valence-electron chi connectivity index (χ0n) is 15.0. The van der Waals surface area contributed by atoms with Crippen LogP contribution in [0.4, 0.5) is 0 Å². The van der Waals surface area contributed by atoms with Crippen LogP contribution < -0.4 is 10.6 Å². The third-order valence-corrected chi connectivity index (χ3v) is 3.98. The first-order valence-electron chi connectivity index (χ1n) is 8.60. The van der Waals surface area contributed by atoms with Crippen molar-refractivity contribution in [3.8, 4) is 0 Å². The maximum absolute atomic E-state index is 12.4. The lowest BCUT2D eigenvalue weighted by Crippen LogP contribution is -2.26. The summed E-state index contributed by atoms with van der Waals surface area (Å²) >= 11 is 0. The largest absolute Gasteiger partial charge is 0.348 e. The summed E-state index contributed by atoms with van der Waals surface area (Å²) in [6.07, 6.45) is 3.12. The first-order valence-corrected chi connectivity index (χ1v) is 8.60. The van der Waals surface area contributed by atoms with Gasteiger partial charge in [0.25, 0.3) is 11.8 Å². The lowest BCUT2D eigenvalue weighted by Gasteiger charge is -2.08. The molecule has 2 amide bonds. The molecule has 2 N–H and O–H groups in total. The molecule has 0 spiro atoms. The van der Waals surface area contributed by atoms with E-state index >= 15 is 0 Å². The van der Waals surface area contributed by atoms with Crippen molar-refractivity contribution in [1.29, 1.82) is 0 Å². The number of carbonyl (C=O) groups excluding carboxylic acids is 2. The number of hydrogen-bond donors (Lipinski definition) is 2. The molecule has 2 heterocycles. The van der Waals surface area contributed by atoms with Gasteiger partial charge in [-0.3, -0.25) is 19.6 Å². The standard InChI is InChI=1S/C21H20N4O2/c1-15-5-7-16(8-6-15)13-24-20(26)17-9-11-23-19(12-17)21(27)25-14-18-4-2-3-10-22-18/h2-12H,13-14H2,1H3,(H,24,26)(H,25,27). The third kappa shape index (κ3) is 5.22. The maximum atomic E-state index is 12.4. The summed E-state index contributed by atoms with van der Waals surface area (Å²) in [5.41, 5.74) is 3.50. The van der Waals surface area contributed by atoms with Crippen molar-refractivity contribution in [2.75, 3.05) is 0 Å². The number of aromatic nitrogens is 2. The average molecular weight is 360 g/mol. The molecule has 0 radical (unpaired) electrons. The van der Waals surface area contributed by atoms with Gasteiger partial charge in [0.2, 0.25) is 0 Å². The summed E-state index contributed by atoms with van der Waals surface area (Å²) in [4.78, 5) is 32.8. The second-order valence-corrected chi connectivity index (χ2v) is 6.10. The Balaban J connectivity index is 1.59. The van der Waals surface area contributed by atoms with Crippen LogP contribution in [0.25, 0.3) is 0 Å². The number of rotatable bonds is 6. The van der Waals surface area contributed by atoms with Gasteiger partial charge < -0.3 is 10.6 Å². The minimum atomic E-state index is -0.353. The van der Waals surface area contributed by atoms with E-state index in [1.54, 1.807) is 12.3 Å². The lowest BCUT2D eigenvalue weighted by atomic mass is 10.1. The van der Waals surface area contributed by atoms with E-state index in [1.165, 1.54) is 17.8 Å². The molecular formula is C21H20N4O2. The first kappa shape index (κ1) is 18.3. The van der Waals surface area contributed by atoms with E-state index in [1.807, 2.05) is 49.4 Å². The minimum Gasteiger partial charge on any atom is -0.348 e. The molecule has 1 aromatic carbocycles. The van der Waals surface area contributed by atoms with Gasteiger partial charge in [-0.2, -0.15) is 0 Å². The lowest BCUT2D eigenvalue weighted by molar-refractivity contribution is 0.0945. The highest BCUT2D eigenvalue weighted by atomic mass is 16.2. The molecule has 2 aromatic heterocycles. The summed E-state index contributed by atoms with van der Waals surface area (Å²) in [6.45, 7) is 2.73. The Morgan fingerprint density at radius 3 is 2.37 bits per heavy atom. The van der Waals surface area contributed by atoms with Crippen LogP contribution in [0.5, 0.6) is 0 Å². The number of amides is 2. The van der Waals surface area contributed by atoms with Crippen LogP contribution >= 0.6 is 0 Å². The van der Waals surface area contributed by atoms with E-state index in [0.717, 1.165) is 11.3 Å². The SMILES string of the molecule is Cc1ccc(CNC(=O)c2ccnc(C(=O)NCc3ccccn3)c2)cc1. The molecule has 0 saturated heterocycles. The summed E-state index contributed by atoms with van der Waals surface area (Å²) < 4.78 is 0. The van der Waals surface area contributed by atoms with Gasteiger partial charge in [-0.1, -0.05) is 35.9 Å². The normalized spacial score (nSPS) is 10.3. The molecule has 0 aliphatic rings. The number of benzene rings is 1. The van der Waals surface area contributed by atoms with Crippen molar-refractivity contribution in [1.82, 2.24) is 20.6 Å². The van der Waals surface area contributed by atoms with E-state index in [-0.39, 0.29) is 17.5 Å². The van der Waals surface area contributed by atoms with Crippen molar-refractivity contribution in [2.24, 2.45) is 0 Å². The summed E-state index contributed by atoms with van der Waals surface area (Å²) in [5.74, 6) is -0.606. The zero-order chi connectivity index (χ0) is 19.1. The highest BCUT2D eigenvalue weighted by molar-refractivity contribution is 5.98. The average Bonchev–Trinajstić information content (AvgIpc) is 2.72. The van der Waals surface area contributed by atoms with Crippen molar-refractivity contribution >= 4 is 11.8 Å². The maximum Gasteiger partial charge on any atom is 0.270 e. The Hall–Kier alpha value is -3.54. The molecule has 3 aromatic rings. The number of carbonyl (C=O) groups is 2. The van der Waals surface area contributed by atoms with Crippen molar-refractivity contribution in [3.05, 3.63) is 95.1 Å². The molecule has 0 fully saturated rings. The predicted molar refractivity (Wildman–Crippen MR) is 102 cm³/mol. The number of pyridine rings is 2. The molecule has 6 nitrogen and oxygen atoms in total. The van der Waals surface area contributed by atoms with Crippen molar-refractivity contribution in [3.63, 3.8) is 0 Å². The van der Waals surface area contributed by atoms with Gasteiger partial charge in [0.15, 0.2) is 0 Å². The molecule has 6 heteroatoms. The fraction of sp³-hybridized carbons (Fsp3) is 0.143. The number of aryl methyl sites for hydroxylation is 1. The van der Waals surface area contributed by atoms with Crippen LogP contribution in [-0.4, -0.2) is 21.8 Å². The molecule has 0 aliphatic carbocycles. The van der Waals surface area contributed by atoms with Gasteiger partial charge in [0.05, 0.1) is 12.2 Å². The summed E-state index contributed by atoms with van der Waals surface area (Å²) in [7, 11) is 0. The smallest absolute Gasteiger partial charge is 0.270 e. The Morgan fingerprint density at radius 1 is 0.852 bits per heavy atom. The van der Waals surface area contributed by atoms with Crippen LogP contribution in [0.3, 0.4) is 0 Å². The Labute approximate surface area is 157 Å². The molecule has 0 bridgehead atoms. The van der Waals surface area contributed by atoms with Crippen LogP contribution in [0.2, 0.25) is 0 Å². The van der Waals surface area contributed by atoms with Gasteiger partial charge in [0.1, 0.15) is 5.69 Å². The minimum absolute atomic E-state index is 0.189. The number of nitrogens with zero attached hydrogens (tertiary/aromatic N) is 2. The molecule has 136 valence electrons. The molecule has 3 rings (SSSR count). The first-order chi connectivity index (χ1) is 13.1. The quantitative estimate of drug-likeness (QED) is 0.708. The Kier molecular flexibility index (Phi) is 5.89. The van der Waals surface area contributed by atoms with Crippen molar-refractivity contribution in [2.45, 2.75) is 20.0 Å². The Bertz CT molecular complexity index is 924. The van der Waals surface area contributed by atoms with Crippen LogP contribution in [0.15, 0.2) is 67.0 Å². The van der Waals surface area contributed by atoms with E-state index in [2.05, 4.69) is 20.6 Å². The zero-order valence-corrected chi connectivity index (χ0v) is 15.0. The van der Waals surface area contributed by atoms with Crippen molar-refractivity contribution < 1.29 is 9.59 Å². The third-order valence-electron chi connectivity index (χ3n) is 3.98. The van der Waals surface area contributed by atoms with Gasteiger partial charge in [-0.15, -0.1) is 0 Å². The van der Waals surface area contributed by atoms with Gasteiger partial charge in [-0.05, 0) is 36.8 Å². The second-order valence-electron chi connectivity index (χ2n) is 6.10. The van der Waals surface area contributed by atoms with E-state index < -0.39 is 0 Å². The second kappa shape index (κ2) is 8.71. The fourth-order valence-electron chi connectivity index (χ4n) is 2.45. The molecular weight excluding hydrogens is 340 g/mol. The number of nitrogens with one attached hydrogen (secondary N) is 2. The van der Waals surface area contributed by atoms with E-state index in [0.29, 0.717) is 18.7 Å². The highest BCUT2D eigenvalue weighted by Crippen LogP contribution is 2.06. The summed E-state index contributed by atoms with van der Waals surface area (Å²) in [5, 5.41) is 5.60. The summed E-state index contributed by atoms with van der Waals surface area (Å²) in [6, 6.07) is 16.5. The highest BCUT2D eigenvalue weighted by Gasteiger charge is 2.12. The topological polar surface area (TPSA) is 84.0 Å². The molecule has 27 heavy (non-hydrogen) atoms. The molecule has 0 saturated carbocycles. The monoisotopic (exact) mass is 360 g/mol. The molecule has 0 atom stereocenters. The number of hydrogen-bond acceptors (Lipinski definition) is 4.